The number of anilines is 1. The second-order valence-electron chi connectivity index (χ2n) is 3.45. The van der Waals surface area contributed by atoms with Crippen molar-refractivity contribution in [3.63, 3.8) is 0 Å². The second kappa shape index (κ2) is 7.17. The molecule has 1 rings (SSSR count). The van der Waals surface area contributed by atoms with Gasteiger partial charge in [0.2, 0.25) is 0 Å². The van der Waals surface area contributed by atoms with Crippen molar-refractivity contribution in [2.24, 2.45) is 4.99 Å². The molecule has 88 valence electrons. The fourth-order valence-corrected chi connectivity index (χ4v) is 1.31. The SMILES string of the molecule is C=C(/C=C(CC)/N=C\C=N)Nc1ccccc1. The molecule has 17 heavy (non-hydrogen) atoms. The largest absolute Gasteiger partial charge is 0.356 e. The van der Waals surface area contributed by atoms with E-state index in [4.69, 9.17) is 5.41 Å². The van der Waals surface area contributed by atoms with Crippen LogP contribution in [0.3, 0.4) is 0 Å². The Kier molecular flexibility index (Phi) is 5.44. The van der Waals surface area contributed by atoms with Crippen molar-refractivity contribution >= 4 is 18.1 Å². The van der Waals surface area contributed by atoms with Crippen molar-refractivity contribution in [2.75, 3.05) is 5.32 Å². The van der Waals surface area contributed by atoms with Crippen molar-refractivity contribution in [3.8, 4) is 0 Å². The maximum absolute atomic E-state index is 6.89. The molecule has 0 saturated heterocycles. The van der Waals surface area contributed by atoms with Gasteiger partial charge in [0.15, 0.2) is 0 Å². The molecule has 0 radical (unpaired) electrons. The lowest BCUT2D eigenvalue weighted by atomic mass is 10.2. The summed E-state index contributed by atoms with van der Waals surface area (Å²) >= 11 is 0. The first-order chi connectivity index (χ1) is 8.26. The van der Waals surface area contributed by atoms with Gasteiger partial charge in [0.05, 0.1) is 0 Å². The lowest BCUT2D eigenvalue weighted by Crippen LogP contribution is -1.95. The highest BCUT2D eigenvalue weighted by Gasteiger charge is 1.94. The Morgan fingerprint density at radius 1 is 1.41 bits per heavy atom. The number of benzene rings is 1. The quantitative estimate of drug-likeness (QED) is 0.566. The molecule has 0 aliphatic rings. The van der Waals surface area contributed by atoms with Crippen molar-refractivity contribution in [3.05, 3.63) is 54.4 Å². The number of rotatable bonds is 6. The fourth-order valence-electron chi connectivity index (χ4n) is 1.31. The van der Waals surface area contributed by atoms with Crippen LogP contribution < -0.4 is 5.32 Å². The highest BCUT2D eigenvalue weighted by molar-refractivity contribution is 6.14. The van der Waals surface area contributed by atoms with Gasteiger partial charge in [0, 0.05) is 29.5 Å². The van der Waals surface area contributed by atoms with Gasteiger partial charge in [-0.3, -0.25) is 4.99 Å². The third kappa shape index (κ3) is 4.93. The molecule has 0 spiro atoms. The van der Waals surface area contributed by atoms with E-state index in [1.54, 1.807) is 0 Å². The molecule has 1 aromatic rings. The van der Waals surface area contributed by atoms with Crippen LogP contribution in [0.15, 0.2) is 59.4 Å². The highest BCUT2D eigenvalue weighted by Crippen LogP contribution is 2.11. The maximum Gasteiger partial charge on any atom is 0.0447 e. The number of para-hydroxylation sites is 1. The van der Waals surface area contributed by atoms with Crippen LogP contribution in [0.1, 0.15) is 13.3 Å². The van der Waals surface area contributed by atoms with Gasteiger partial charge in [-0.15, -0.1) is 0 Å². The zero-order chi connectivity index (χ0) is 12.5. The van der Waals surface area contributed by atoms with E-state index in [1.165, 1.54) is 6.21 Å². The molecule has 0 bridgehead atoms. The van der Waals surface area contributed by atoms with E-state index in [9.17, 15) is 0 Å². The Bertz CT molecular complexity index is 430. The molecule has 0 unspecified atom stereocenters. The second-order valence-corrected chi connectivity index (χ2v) is 3.45. The van der Waals surface area contributed by atoms with Crippen LogP contribution >= 0.6 is 0 Å². The lowest BCUT2D eigenvalue weighted by molar-refractivity contribution is 1.07. The molecule has 3 nitrogen and oxygen atoms in total. The van der Waals surface area contributed by atoms with E-state index in [2.05, 4.69) is 16.9 Å². The number of nitrogens with zero attached hydrogens (tertiary/aromatic N) is 1. The summed E-state index contributed by atoms with van der Waals surface area (Å²) in [5.74, 6) is 0. The van der Waals surface area contributed by atoms with Crippen molar-refractivity contribution in [1.29, 1.82) is 5.41 Å². The van der Waals surface area contributed by atoms with Gasteiger partial charge in [-0.05, 0) is 24.6 Å². The molecule has 2 N–H and O–H groups in total. The summed E-state index contributed by atoms with van der Waals surface area (Å²) in [5.41, 5.74) is 2.68. The van der Waals surface area contributed by atoms with Crippen LogP contribution in [0, 0.1) is 5.41 Å². The van der Waals surface area contributed by atoms with E-state index in [1.807, 2.05) is 43.3 Å². The average Bonchev–Trinajstić information content (AvgIpc) is 2.35. The van der Waals surface area contributed by atoms with Crippen LogP contribution in [-0.2, 0) is 0 Å². The van der Waals surface area contributed by atoms with Crippen LogP contribution in [-0.4, -0.2) is 12.4 Å². The Morgan fingerprint density at radius 2 is 2.12 bits per heavy atom. The summed E-state index contributed by atoms with van der Waals surface area (Å²) in [5, 5.41) is 10.1. The first kappa shape index (κ1) is 12.9. The van der Waals surface area contributed by atoms with Crippen LogP contribution in [0.25, 0.3) is 0 Å². The molecule has 0 amide bonds. The standard InChI is InChI=1S/C14H17N3/c1-3-13(16-10-9-15)11-12(2)17-14-7-5-4-6-8-14/h4-11,15,17H,2-3H2,1H3/b13-11+,15-9?,16-10-. The van der Waals surface area contributed by atoms with Gasteiger partial charge in [0.1, 0.15) is 0 Å². The van der Waals surface area contributed by atoms with Crippen molar-refractivity contribution < 1.29 is 0 Å². The first-order valence-corrected chi connectivity index (χ1v) is 5.51. The Labute approximate surface area is 102 Å². The molecule has 0 fully saturated rings. The molecule has 3 heteroatoms. The van der Waals surface area contributed by atoms with E-state index in [-0.39, 0.29) is 0 Å². The van der Waals surface area contributed by atoms with Crippen molar-refractivity contribution in [2.45, 2.75) is 13.3 Å². The minimum Gasteiger partial charge on any atom is -0.356 e. The molecule has 0 aromatic heterocycles. The van der Waals surface area contributed by atoms with Gasteiger partial charge < -0.3 is 10.7 Å². The molecule has 1 aromatic carbocycles. The average molecular weight is 227 g/mol. The molecular weight excluding hydrogens is 210 g/mol. The van der Waals surface area contributed by atoms with Crippen molar-refractivity contribution in [1.82, 2.24) is 0 Å². The Hall–Kier alpha value is -2.16. The van der Waals surface area contributed by atoms with Crippen LogP contribution in [0.2, 0.25) is 0 Å². The molecule has 0 atom stereocenters. The third-order valence-electron chi connectivity index (χ3n) is 2.10. The molecule has 0 heterocycles. The van der Waals surface area contributed by atoms with Crippen LogP contribution in [0.4, 0.5) is 5.69 Å². The Balaban J connectivity index is 2.67. The summed E-state index contributed by atoms with van der Waals surface area (Å²) in [7, 11) is 0. The number of hydrogen-bond donors (Lipinski definition) is 2. The highest BCUT2D eigenvalue weighted by atomic mass is 14.9. The van der Waals surface area contributed by atoms with Gasteiger partial charge in [-0.25, -0.2) is 0 Å². The van der Waals surface area contributed by atoms with Gasteiger partial charge >= 0.3 is 0 Å². The predicted octanol–water partition coefficient (Wildman–Crippen LogP) is 3.63. The van der Waals surface area contributed by atoms with Crippen LogP contribution in [0.5, 0.6) is 0 Å². The smallest absolute Gasteiger partial charge is 0.0447 e. The number of allylic oxidation sites excluding steroid dienone is 2. The first-order valence-electron chi connectivity index (χ1n) is 5.51. The summed E-state index contributed by atoms with van der Waals surface area (Å²) in [6.07, 6.45) is 5.31. The van der Waals surface area contributed by atoms with E-state index >= 15 is 0 Å². The maximum atomic E-state index is 6.89. The summed E-state index contributed by atoms with van der Waals surface area (Å²) in [6, 6.07) is 9.85. The molecule has 0 aliphatic carbocycles. The zero-order valence-corrected chi connectivity index (χ0v) is 9.98. The van der Waals surface area contributed by atoms with Gasteiger partial charge in [-0.1, -0.05) is 31.7 Å². The molecule has 0 aliphatic heterocycles. The summed E-state index contributed by atoms with van der Waals surface area (Å²) < 4.78 is 0. The molecular formula is C14H17N3. The normalized spacial score (nSPS) is 11.5. The minimum atomic E-state index is 0.787. The van der Waals surface area contributed by atoms with E-state index in [0.717, 1.165) is 29.7 Å². The fraction of sp³-hybridized carbons (Fsp3) is 0.143. The van der Waals surface area contributed by atoms with Gasteiger partial charge in [-0.2, -0.15) is 0 Å². The molecule has 0 saturated carbocycles. The lowest BCUT2D eigenvalue weighted by Gasteiger charge is -2.06. The summed E-state index contributed by atoms with van der Waals surface area (Å²) in [6.45, 7) is 5.94. The summed E-state index contributed by atoms with van der Waals surface area (Å²) in [4.78, 5) is 4.13. The van der Waals surface area contributed by atoms with E-state index < -0.39 is 0 Å². The minimum absolute atomic E-state index is 0.787. The predicted molar refractivity (Wildman–Crippen MR) is 74.9 cm³/mol. The number of aliphatic imine (C=N–C) groups is 1. The van der Waals surface area contributed by atoms with Gasteiger partial charge in [0.25, 0.3) is 0 Å². The zero-order valence-electron chi connectivity index (χ0n) is 9.98. The number of hydrogen-bond acceptors (Lipinski definition) is 3. The third-order valence-corrected chi connectivity index (χ3v) is 2.10. The van der Waals surface area contributed by atoms with E-state index in [0.29, 0.717) is 0 Å². The topological polar surface area (TPSA) is 48.2 Å². The number of nitrogens with one attached hydrogen (secondary N) is 2. The monoisotopic (exact) mass is 227 g/mol. The Morgan fingerprint density at radius 3 is 2.71 bits per heavy atom.